The lowest BCUT2D eigenvalue weighted by atomic mass is 9.95. The van der Waals surface area contributed by atoms with Crippen LogP contribution in [-0.2, 0) is 18.3 Å². The average molecular weight is 362 g/mol. The summed E-state index contributed by atoms with van der Waals surface area (Å²) < 4.78 is 1.32. The van der Waals surface area contributed by atoms with Gasteiger partial charge >= 0.3 is 0 Å². The molecule has 6 heteroatoms. The first-order valence-corrected chi connectivity index (χ1v) is 9.29. The number of piperidine rings is 1. The summed E-state index contributed by atoms with van der Waals surface area (Å²) in [5.41, 5.74) is 1.57. The molecular weight excluding hydrogens is 340 g/mol. The number of hydrogen-bond acceptors (Lipinski definition) is 4. The Bertz CT molecular complexity index is 1030. The molecule has 1 fully saturated rings. The largest absolute Gasteiger partial charge is 0.335 e. The van der Waals surface area contributed by atoms with Gasteiger partial charge in [0.15, 0.2) is 0 Å². The van der Waals surface area contributed by atoms with Crippen molar-refractivity contribution < 1.29 is 4.79 Å². The molecule has 3 aromatic rings. The fourth-order valence-electron chi connectivity index (χ4n) is 3.90. The van der Waals surface area contributed by atoms with Gasteiger partial charge in [-0.3, -0.25) is 14.6 Å². The van der Waals surface area contributed by atoms with E-state index in [-0.39, 0.29) is 23.9 Å². The Morgan fingerprint density at radius 3 is 2.74 bits per heavy atom. The first kappa shape index (κ1) is 17.4. The van der Waals surface area contributed by atoms with Gasteiger partial charge in [-0.1, -0.05) is 24.3 Å². The Morgan fingerprint density at radius 2 is 1.96 bits per heavy atom. The van der Waals surface area contributed by atoms with Gasteiger partial charge in [0.25, 0.3) is 5.56 Å². The smallest absolute Gasteiger partial charge is 0.274 e. The fourth-order valence-corrected chi connectivity index (χ4v) is 3.90. The van der Waals surface area contributed by atoms with Crippen LogP contribution in [-0.4, -0.2) is 32.1 Å². The molecule has 0 unspecified atom stereocenters. The standard InChI is InChI=1S/C21H22N4O2/c1-24-21(27)17-9-3-2-8-16(17)18(23-24)13-20(26)25-12-5-4-10-19(25)15-7-6-11-22-14-15/h2-3,6-9,11,14,19H,4-5,10,12-13H2,1H3/t19-/m0/s1. The molecule has 3 heterocycles. The number of pyridine rings is 1. The second-order valence-electron chi connectivity index (χ2n) is 6.98. The summed E-state index contributed by atoms with van der Waals surface area (Å²) in [7, 11) is 1.63. The van der Waals surface area contributed by atoms with Crippen molar-refractivity contribution >= 4 is 16.7 Å². The van der Waals surface area contributed by atoms with Crippen LogP contribution in [0, 0.1) is 0 Å². The van der Waals surface area contributed by atoms with Crippen LogP contribution in [0.3, 0.4) is 0 Å². The summed E-state index contributed by atoms with van der Waals surface area (Å²) in [6.45, 7) is 0.738. The lowest BCUT2D eigenvalue weighted by Gasteiger charge is -2.36. The molecule has 1 saturated heterocycles. The molecule has 138 valence electrons. The maximum atomic E-state index is 13.2. The Morgan fingerprint density at radius 1 is 1.15 bits per heavy atom. The number of fused-ring (bicyclic) bond motifs is 1. The maximum Gasteiger partial charge on any atom is 0.274 e. The molecule has 0 saturated carbocycles. The number of hydrogen-bond donors (Lipinski definition) is 0. The van der Waals surface area contributed by atoms with Crippen molar-refractivity contribution in [2.45, 2.75) is 31.7 Å². The van der Waals surface area contributed by atoms with Crippen LogP contribution < -0.4 is 5.56 Å². The zero-order valence-corrected chi connectivity index (χ0v) is 15.3. The number of amides is 1. The Kier molecular flexibility index (Phi) is 4.71. The third kappa shape index (κ3) is 3.35. The number of aryl methyl sites for hydroxylation is 1. The van der Waals surface area contributed by atoms with Crippen molar-refractivity contribution in [3.05, 3.63) is 70.4 Å². The highest BCUT2D eigenvalue weighted by Gasteiger charge is 2.28. The van der Waals surface area contributed by atoms with Gasteiger partial charge in [-0.15, -0.1) is 0 Å². The van der Waals surface area contributed by atoms with Crippen molar-refractivity contribution in [2.75, 3.05) is 6.54 Å². The maximum absolute atomic E-state index is 13.2. The molecule has 1 aliphatic heterocycles. The summed E-state index contributed by atoms with van der Waals surface area (Å²) in [6.07, 6.45) is 6.83. The van der Waals surface area contributed by atoms with Crippen molar-refractivity contribution in [1.29, 1.82) is 0 Å². The van der Waals surface area contributed by atoms with Gasteiger partial charge in [0.2, 0.25) is 5.91 Å². The van der Waals surface area contributed by atoms with Gasteiger partial charge in [-0.05, 0) is 37.0 Å². The highest BCUT2D eigenvalue weighted by atomic mass is 16.2. The van der Waals surface area contributed by atoms with Crippen LogP contribution >= 0.6 is 0 Å². The van der Waals surface area contributed by atoms with E-state index in [1.807, 2.05) is 41.4 Å². The number of carbonyl (C=O) groups excluding carboxylic acids is 1. The highest BCUT2D eigenvalue weighted by molar-refractivity contribution is 5.88. The minimum atomic E-state index is -0.145. The van der Waals surface area contributed by atoms with Crippen LogP contribution in [0.5, 0.6) is 0 Å². The molecule has 2 aromatic heterocycles. The fraction of sp³-hybridized carbons (Fsp3) is 0.333. The summed E-state index contributed by atoms with van der Waals surface area (Å²) in [4.78, 5) is 31.6. The van der Waals surface area contributed by atoms with E-state index in [1.165, 1.54) is 4.68 Å². The number of aromatic nitrogens is 3. The molecule has 0 N–H and O–H groups in total. The third-order valence-electron chi connectivity index (χ3n) is 5.24. The summed E-state index contributed by atoms with van der Waals surface area (Å²) >= 11 is 0. The van der Waals surface area contributed by atoms with Crippen LogP contribution in [0.25, 0.3) is 10.8 Å². The number of nitrogens with zero attached hydrogens (tertiary/aromatic N) is 4. The second-order valence-corrected chi connectivity index (χ2v) is 6.98. The topological polar surface area (TPSA) is 68.1 Å². The van der Waals surface area contributed by atoms with Gasteiger partial charge in [0.05, 0.1) is 23.5 Å². The van der Waals surface area contributed by atoms with Gasteiger partial charge in [0, 0.05) is 31.4 Å². The van der Waals surface area contributed by atoms with E-state index in [4.69, 9.17) is 0 Å². The average Bonchev–Trinajstić information content (AvgIpc) is 2.72. The molecule has 1 aromatic carbocycles. The molecule has 27 heavy (non-hydrogen) atoms. The van der Waals surface area contributed by atoms with E-state index in [9.17, 15) is 9.59 Å². The molecule has 1 amide bonds. The summed E-state index contributed by atoms with van der Waals surface area (Å²) in [5, 5.41) is 5.73. The predicted molar refractivity (Wildman–Crippen MR) is 103 cm³/mol. The Hall–Kier alpha value is -3.02. The zero-order valence-electron chi connectivity index (χ0n) is 15.3. The van der Waals surface area contributed by atoms with Crippen LogP contribution in [0.4, 0.5) is 0 Å². The van der Waals surface area contributed by atoms with Crippen molar-refractivity contribution in [2.24, 2.45) is 7.05 Å². The minimum Gasteiger partial charge on any atom is -0.335 e. The lowest BCUT2D eigenvalue weighted by Crippen LogP contribution is -2.39. The molecular formula is C21H22N4O2. The first-order chi connectivity index (χ1) is 13.1. The number of carbonyl (C=O) groups is 1. The highest BCUT2D eigenvalue weighted by Crippen LogP contribution is 2.31. The summed E-state index contributed by atoms with van der Waals surface area (Å²) in [5.74, 6) is 0.0415. The molecule has 0 spiro atoms. The molecule has 0 radical (unpaired) electrons. The molecule has 1 aliphatic rings. The van der Waals surface area contributed by atoms with E-state index in [0.29, 0.717) is 11.1 Å². The van der Waals surface area contributed by atoms with Crippen molar-refractivity contribution in [1.82, 2.24) is 19.7 Å². The predicted octanol–water partition coefficient (Wildman–Crippen LogP) is 2.62. The monoisotopic (exact) mass is 362 g/mol. The Labute approximate surface area is 157 Å². The number of likely N-dealkylation sites (tertiary alicyclic amines) is 1. The quantitative estimate of drug-likeness (QED) is 0.718. The van der Waals surface area contributed by atoms with Gasteiger partial charge < -0.3 is 4.90 Å². The SMILES string of the molecule is Cn1nc(CC(=O)N2CCCC[C@H]2c2cccnc2)c2ccccc2c1=O. The second kappa shape index (κ2) is 7.31. The molecule has 0 bridgehead atoms. The van der Waals surface area contributed by atoms with Crippen molar-refractivity contribution in [3.8, 4) is 0 Å². The number of rotatable bonds is 3. The van der Waals surface area contributed by atoms with Crippen LogP contribution in [0.15, 0.2) is 53.6 Å². The van der Waals surface area contributed by atoms with Crippen molar-refractivity contribution in [3.63, 3.8) is 0 Å². The Balaban J connectivity index is 1.66. The van der Waals surface area contributed by atoms with E-state index < -0.39 is 0 Å². The van der Waals surface area contributed by atoms with E-state index in [1.54, 1.807) is 19.3 Å². The van der Waals surface area contributed by atoms with Gasteiger partial charge in [-0.2, -0.15) is 5.10 Å². The lowest BCUT2D eigenvalue weighted by molar-refractivity contribution is -0.134. The molecule has 4 rings (SSSR count). The van der Waals surface area contributed by atoms with E-state index >= 15 is 0 Å². The first-order valence-electron chi connectivity index (χ1n) is 9.29. The zero-order chi connectivity index (χ0) is 18.8. The summed E-state index contributed by atoms with van der Waals surface area (Å²) in [6, 6.07) is 11.3. The van der Waals surface area contributed by atoms with E-state index in [0.717, 1.165) is 36.8 Å². The molecule has 1 atom stereocenters. The van der Waals surface area contributed by atoms with Crippen LogP contribution in [0.2, 0.25) is 0 Å². The minimum absolute atomic E-state index is 0.0415. The van der Waals surface area contributed by atoms with E-state index in [2.05, 4.69) is 10.1 Å². The van der Waals surface area contributed by atoms with Crippen LogP contribution in [0.1, 0.15) is 36.6 Å². The molecule has 0 aliphatic carbocycles. The molecule has 6 nitrogen and oxygen atoms in total. The number of benzene rings is 1. The van der Waals surface area contributed by atoms with Gasteiger partial charge in [-0.25, -0.2) is 4.68 Å². The van der Waals surface area contributed by atoms with Gasteiger partial charge in [0.1, 0.15) is 0 Å². The normalized spacial score (nSPS) is 17.2. The third-order valence-corrected chi connectivity index (χ3v) is 5.24.